The Balaban J connectivity index is 1.39. The number of allylic oxidation sites excluding steroid dienone is 1. The molecule has 0 spiro atoms. The van der Waals surface area contributed by atoms with Crippen LogP contribution in [0.25, 0.3) is 0 Å². The number of aromatic nitrogens is 1. The summed E-state index contributed by atoms with van der Waals surface area (Å²) in [5, 5.41) is 11.1. The van der Waals surface area contributed by atoms with Gasteiger partial charge in [0.05, 0.1) is 5.01 Å². The minimum atomic E-state index is 0.476. The van der Waals surface area contributed by atoms with Gasteiger partial charge < -0.3 is 5.32 Å². The quantitative estimate of drug-likeness (QED) is 0.386. The standard InChI is InChI=1S/C13H16N4S2/c18-13(16-11-8-9-1-2-10(11)7-9)17-15-4-3-12-14-5-6-19-12/h1-2,4-6,9-11H,3,7-8H2,(H2,16,17,18). The van der Waals surface area contributed by atoms with Crippen molar-refractivity contribution in [3.05, 3.63) is 28.7 Å². The lowest BCUT2D eigenvalue weighted by atomic mass is 10.0. The summed E-state index contributed by atoms with van der Waals surface area (Å²) in [6.07, 6.45) is 11.4. The largest absolute Gasteiger partial charge is 0.358 e. The third-order valence-electron chi connectivity index (χ3n) is 3.60. The van der Waals surface area contributed by atoms with Gasteiger partial charge in [-0.1, -0.05) is 12.2 Å². The average Bonchev–Trinajstić information content (AvgIpc) is 3.11. The highest BCUT2D eigenvalue weighted by atomic mass is 32.1. The van der Waals surface area contributed by atoms with Crippen LogP contribution in [0, 0.1) is 11.8 Å². The van der Waals surface area contributed by atoms with Crippen LogP contribution in [0.2, 0.25) is 0 Å². The van der Waals surface area contributed by atoms with Crippen LogP contribution in [0.5, 0.6) is 0 Å². The van der Waals surface area contributed by atoms with Gasteiger partial charge in [-0.2, -0.15) is 5.10 Å². The molecule has 2 N–H and O–H groups in total. The second kappa shape index (κ2) is 5.79. The molecule has 1 saturated carbocycles. The van der Waals surface area contributed by atoms with E-state index in [-0.39, 0.29) is 0 Å². The fourth-order valence-corrected chi connectivity index (χ4v) is 3.50. The highest BCUT2D eigenvalue weighted by molar-refractivity contribution is 7.80. The Hall–Kier alpha value is -1.27. The van der Waals surface area contributed by atoms with E-state index in [0.29, 0.717) is 17.1 Å². The first-order chi connectivity index (χ1) is 9.31. The smallest absolute Gasteiger partial charge is 0.187 e. The molecule has 1 aromatic heterocycles. The molecule has 2 aliphatic carbocycles. The predicted octanol–water partition coefficient (Wildman–Crippen LogP) is 2.10. The maximum atomic E-state index is 5.25. The van der Waals surface area contributed by atoms with Crippen LogP contribution in [-0.2, 0) is 6.42 Å². The summed E-state index contributed by atoms with van der Waals surface area (Å²) in [7, 11) is 0. The molecule has 1 fully saturated rings. The van der Waals surface area contributed by atoms with Gasteiger partial charge in [-0.05, 0) is 36.9 Å². The summed E-state index contributed by atoms with van der Waals surface area (Å²) in [5.74, 6) is 1.39. The van der Waals surface area contributed by atoms with Crippen molar-refractivity contribution in [2.24, 2.45) is 16.9 Å². The van der Waals surface area contributed by atoms with Crippen LogP contribution in [0.15, 0.2) is 28.8 Å². The molecule has 3 atom stereocenters. The Labute approximate surface area is 122 Å². The highest BCUT2D eigenvalue weighted by Crippen LogP contribution is 2.38. The van der Waals surface area contributed by atoms with E-state index >= 15 is 0 Å². The molecule has 0 aromatic carbocycles. The van der Waals surface area contributed by atoms with Gasteiger partial charge >= 0.3 is 0 Å². The Bertz CT molecular complexity index is 495. The first-order valence-electron chi connectivity index (χ1n) is 6.46. The Morgan fingerprint density at radius 2 is 2.47 bits per heavy atom. The third kappa shape index (κ3) is 3.19. The predicted molar refractivity (Wildman–Crippen MR) is 82.3 cm³/mol. The van der Waals surface area contributed by atoms with Crippen LogP contribution in [0.1, 0.15) is 17.8 Å². The number of thiocarbonyl (C=S) groups is 1. The van der Waals surface area contributed by atoms with E-state index in [2.05, 4.69) is 33.0 Å². The first kappa shape index (κ1) is 12.7. The lowest BCUT2D eigenvalue weighted by Crippen LogP contribution is -2.42. The first-order valence-corrected chi connectivity index (χ1v) is 7.75. The highest BCUT2D eigenvalue weighted by Gasteiger charge is 2.35. The summed E-state index contributed by atoms with van der Waals surface area (Å²) >= 11 is 6.88. The van der Waals surface area contributed by atoms with Crippen molar-refractivity contribution in [3.8, 4) is 0 Å². The number of nitrogens with zero attached hydrogens (tertiary/aromatic N) is 2. The zero-order valence-corrected chi connectivity index (χ0v) is 12.1. The minimum Gasteiger partial charge on any atom is -0.358 e. The molecule has 4 nitrogen and oxygen atoms in total. The normalized spacial score (nSPS) is 28.1. The third-order valence-corrected chi connectivity index (χ3v) is 4.61. The summed E-state index contributed by atoms with van der Waals surface area (Å²) in [6.45, 7) is 0. The molecular weight excluding hydrogens is 276 g/mol. The number of thiazole rings is 1. The molecule has 6 heteroatoms. The molecule has 0 saturated heterocycles. The summed E-state index contributed by atoms with van der Waals surface area (Å²) in [6, 6.07) is 0.476. The van der Waals surface area contributed by atoms with Crippen molar-refractivity contribution < 1.29 is 0 Å². The summed E-state index contributed by atoms with van der Waals surface area (Å²) in [4.78, 5) is 4.19. The van der Waals surface area contributed by atoms with Gasteiger partial charge in [0.1, 0.15) is 0 Å². The number of fused-ring (bicyclic) bond motifs is 2. The molecule has 2 bridgehead atoms. The lowest BCUT2D eigenvalue weighted by Gasteiger charge is -2.20. The lowest BCUT2D eigenvalue weighted by molar-refractivity contribution is 0.521. The van der Waals surface area contributed by atoms with Gasteiger partial charge in [-0.25, -0.2) is 4.98 Å². The maximum absolute atomic E-state index is 5.25. The molecule has 2 aliphatic rings. The fourth-order valence-electron chi connectivity index (χ4n) is 2.73. The zero-order valence-electron chi connectivity index (χ0n) is 10.5. The Morgan fingerprint density at radius 1 is 1.53 bits per heavy atom. The van der Waals surface area contributed by atoms with Crippen LogP contribution in [0.3, 0.4) is 0 Å². The van der Waals surface area contributed by atoms with Crippen molar-refractivity contribution in [3.63, 3.8) is 0 Å². The van der Waals surface area contributed by atoms with E-state index in [1.54, 1.807) is 23.7 Å². The van der Waals surface area contributed by atoms with Crippen LogP contribution in [0.4, 0.5) is 0 Å². The van der Waals surface area contributed by atoms with E-state index in [0.717, 1.165) is 17.3 Å². The van der Waals surface area contributed by atoms with Crippen molar-refractivity contribution in [1.82, 2.24) is 15.7 Å². The van der Waals surface area contributed by atoms with Crippen molar-refractivity contribution in [2.75, 3.05) is 0 Å². The molecular formula is C13H16N4S2. The monoisotopic (exact) mass is 292 g/mol. The number of hydrazone groups is 1. The fraction of sp³-hybridized carbons (Fsp3) is 0.462. The summed E-state index contributed by atoms with van der Waals surface area (Å²) in [5.41, 5.74) is 2.87. The van der Waals surface area contributed by atoms with E-state index in [9.17, 15) is 0 Å². The topological polar surface area (TPSA) is 49.3 Å². The molecule has 1 heterocycles. The van der Waals surface area contributed by atoms with Gasteiger partial charge in [-0.3, -0.25) is 5.43 Å². The van der Waals surface area contributed by atoms with E-state index in [1.807, 2.05) is 5.38 Å². The molecule has 19 heavy (non-hydrogen) atoms. The van der Waals surface area contributed by atoms with Crippen molar-refractivity contribution in [2.45, 2.75) is 25.3 Å². The van der Waals surface area contributed by atoms with Gasteiger partial charge in [0, 0.05) is 30.3 Å². The van der Waals surface area contributed by atoms with E-state index < -0.39 is 0 Å². The molecule has 1 aromatic rings. The van der Waals surface area contributed by atoms with Gasteiger partial charge in [0.2, 0.25) is 0 Å². The second-order valence-electron chi connectivity index (χ2n) is 4.91. The number of hydrogen-bond acceptors (Lipinski definition) is 4. The van der Waals surface area contributed by atoms with Gasteiger partial charge in [-0.15, -0.1) is 11.3 Å². The maximum Gasteiger partial charge on any atom is 0.187 e. The van der Waals surface area contributed by atoms with E-state index in [1.165, 1.54) is 12.8 Å². The molecule has 3 rings (SSSR count). The molecule has 3 unspecified atom stereocenters. The van der Waals surface area contributed by atoms with Gasteiger partial charge in [0.25, 0.3) is 0 Å². The van der Waals surface area contributed by atoms with Gasteiger partial charge in [0.15, 0.2) is 5.11 Å². The number of hydrogen-bond donors (Lipinski definition) is 2. The van der Waals surface area contributed by atoms with Crippen LogP contribution >= 0.6 is 23.6 Å². The summed E-state index contributed by atoms with van der Waals surface area (Å²) < 4.78 is 0. The number of nitrogens with one attached hydrogen (secondary N) is 2. The Morgan fingerprint density at radius 3 is 3.16 bits per heavy atom. The molecule has 0 aliphatic heterocycles. The van der Waals surface area contributed by atoms with Crippen LogP contribution < -0.4 is 10.7 Å². The molecule has 0 amide bonds. The number of rotatable bonds is 4. The second-order valence-corrected chi connectivity index (χ2v) is 6.30. The molecule has 100 valence electrons. The van der Waals surface area contributed by atoms with Crippen molar-refractivity contribution in [1.29, 1.82) is 0 Å². The van der Waals surface area contributed by atoms with Crippen LogP contribution in [-0.4, -0.2) is 22.4 Å². The minimum absolute atomic E-state index is 0.476. The average molecular weight is 292 g/mol. The van der Waals surface area contributed by atoms with E-state index in [4.69, 9.17) is 12.2 Å². The SMILES string of the molecule is S=C(NN=CCc1nccs1)NC1CC2C=CC1C2. The van der Waals surface area contributed by atoms with Crippen molar-refractivity contribution >= 4 is 34.9 Å². The zero-order chi connectivity index (χ0) is 13.1. The molecule has 0 radical (unpaired) electrons. The Kier molecular flexibility index (Phi) is 3.89.